The third-order valence-corrected chi connectivity index (χ3v) is 4.26. The van der Waals surface area contributed by atoms with Crippen LogP contribution in [0.2, 0.25) is 0 Å². The minimum absolute atomic E-state index is 0.693. The van der Waals surface area contributed by atoms with Crippen LogP contribution in [0.5, 0.6) is 0 Å². The molecule has 0 heterocycles. The summed E-state index contributed by atoms with van der Waals surface area (Å²) in [6, 6.07) is 0.693. The quantitative estimate of drug-likeness (QED) is 0.357. The number of hydrogen-bond acceptors (Lipinski definition) is 1. The molecule has 0 radical (unpaired) electrons. The zero-order valence-corrected chi connectivity index (χ0v) is 13.3. The van der Waals surface area contributed by atoms with Gasteiger partial charge in [-0.05, 0) is 38.6 Å². The van der Waals surface area contributed by atoms with Crippen LogP contribution in [0.1, 0.15) is 90.9 Å². The van der Waals surface area contributed by atoms with Crippen LogP contribution in [-0.4, -0.2) is 12.6 Å². The Labute approximate surface area is 121 Å². The number of nitrogens with one attached hydrogen (secondary N) is 1. The normalized spacial score (nSPS) is 16.6. The SMILES string of the molecule is CCCCCCCCCC(NCCC)C1=CCCC1. The number of unbranched alkanes of at least 4 members (excludes halogenated alkanes) is 6. The van der Waals surface area contributed by atoms with Crippen molar-refractivity contribution in [2.75, 3.05) is 6.54 Å². The van der Waals surface area contributed by atoms with E-state index in [1.165, 1.54) is 83.6 Å². The molecule has 0 aromatic carbocycles. The van der Waals surface area contributed by atoms with Gasteiger partial charge in [0.2, 0.25) is 0 Å². The maximum atomic E-state index is 3.75. The average molecular weight is 265 g/mol. The fourth-order valence-electron chi connectivity index (χ4n) is 3.05. The lowest BCUT2D eigenvalue weighted by molar-refractivity contribution is 0.486. The van der Waals surface area contributed by atoms with Gasteiger partial charge in [-0.2, -0.15) is 0 Å². The lowest BCUT2D eigenvalue weighted by atomic mass is 9.99. The van der Waals surface area contributed by atoms with Crippen LogP contribution in [-0.2, 0) is 0 Å². The Balaban J connectivity index is 2.10. The highest BCUT2D eigenvalue weighted by atomic mass is 14.9. The first-order valence-electron chi connectivity index (χ1n) is 8.80. The standard InChI is InChI=1S/C18H35N/c1-3-5-6-7-8-9-10-15-18(19-16-4-2)17-13-11-12-14-17/h13,18-19H,3-12,14-16H2,1-2H3. The fourth-order valence-corrected chi connectivity index (χ4v) is 3.05. The topological polar surface area (TPSA) is 12.0 Å². The van der Waals surface area contributed by atoms with Crippen molar-refractivity contribution in [3.63, 3.8) is 0 Å². The van der Waals surface area contributed by atoms with Gasteiger partial charge >= 0.3 is 0 Å². The van der Waals surface area contributed by atoms with Crippen LogP contribution in [0.25, 0.3) is 0 Å². The van der Waals surface area contributed by atoms with Crippen molar-refractivity contribution < 1.29 is 0 Å². The van der Waals surface area contributed by atoms with Gasteiger partial charge in [-0.1, -0.05) is 70.4 Å². The van der Waals surface area contributed by atoms with Gasteiger partial charge in [-0.25, -0.2) is 0 Å². The third-order valence-electron chi connectivity index (χ3n) is 4.26. The van der Waals surface area contributed by atoms with Gasteiger partial charge < -0.3 is 5.32 Å². The Morgan fingerprint density at radius 1 is 1.00 bits per heavy atom. The first-order valence-corrected chi connectivity index (χ1v) is 8.80. The molecule has 0 saturated carbocycles. The second-order valence-corrected chi connectivity index (χ2v) is 6.09. The van der Waals surface area contributed by atoms with Gasteiger partial charge in [0.05, 0.1) is 0 Å². The molecular formula is C18H35N. The number of rotatable bonds is 12. The van der Waals surface area contributed by atoms with Crippen LogP contribution in [0.4, 0.5) is 0 Å². The molecule has 1 nitrogen and oxygen atoms in total. The zero-order chi connectivity index (χ0) is 13.8. The molecule has 0 saturated heterocycles. The van der Waals surface area contributed by atoms with Crippen LogP contribution in [0.3, 0.4) is 0 Å². The molecule has 0 spiro atoms. The van der Waals surface area contributed by atoms with E-state index in [2.05, 4.69) is 25.2 Å². The van der Waals surface area contributed by atoms with Crippen LogP contribution in [0.15, 0.2) is 11.6 Å². The van der Waals surface area contributed by atoms with Crippen LogP contribution in [0, 0.1) is 0 Å². The summed E-state index contributed by atoms with van der Waals surface area (Å²) in [6.07, 6.45) is 19.1. The maximum Gasteiger partial charge on any atom is 0.0279 e. The summed E-state index contributed by atoms with van der Waals surface area (Å²) >= 11 is 0. The molecule has 0 fully saturated rings. The minimum Gasteiger partial charge on any atom is -0.310 e. The maximum absolute atomic E-state index is 3.75. The van der Waals surface area contributed by atoms with Gasteiger partial charge in [0.1, 0.15) is 0 Å². The third kappa shape index (κ3) is 7.77. The summed E-state index contributed by atoms with van der Waals surface area (Å²) < 4.78 is 0. The molecule has 0 amide bonds. The van der Waals surface area contributed by atoms with Crippen molar-refractivity contribution in [3.05, 3.63) is 11.6 Å². The molecule has 1 heteroatoms. The van der Waals surface area contributed by atoms with Crippen molar-refractivity contribution in [3.8, 4) is 0 Å². The lowest BCUT2D eigenvalue weighted by Crippen LogP contribution is -2.31. The molecule has 112 valence electrons. The molecule has 0 aromatic heterocycles. The molecule has 1 N–H and O–H groups in total. The van der Waals surface area contributed by atoms with Gasteiger partial charge in [-0.15, -0.1) is 0 Å². The molecule has 19 heavy (non-hydrogen) atoms. The number of allylic oxidation sites excluding steroid dienone is 1. The fraction of sp³-hybridized carbons (Fsp3) is 0.889. The smallest absolute Gasteiger partial charge is 0.0279 e. The van der Waals surface area contributed by atoms with Gasteiger partial charge in [0.25, 0.3) is 0 Å². The van der Waals surface area contributed by atoms with E-state index in [9.17, 15) is 0 Å². The van der Waals surface area contributed by atoms with E-state index in [0.717, 1.165) is 0 Å². The predicted octanol–water partition coefficient (Wildman–Crippen LogP) is 5.61. The molecule has 0 aromatic rings. The van der Waals surface area contributed by atoms with Crippen molar-refractivity contribution >= 4 is 0 Å². The Morgan fingerprint density at radius 3 is 2.37 bits per heavy atom. The van der Waals surface area contributed by atoms with Crippen molar-refractivity contribution in [1.29, 1.82) is 0 Å². The van der Waals surface area contributed by atoms with Gasteiger partial charge in [-0.3, -0.25) is 0 Å². The van der Waals surface area contributed by atoms with E-state index in [1.807, 2.05) is 0 Å². The lowest BCUT2D eigenvalue weighted by Gasteiger charge is -2.20. The van der Waals surface area contributed by atoms with Crippen LogP contribution < -0.4 is 5.32 Å². The first kappa shape index (κ1) is 16.8. The average Bonchev–Trinajstić information content (AvgIpc) is 2.95. The van der Waals surface area contributed by atoms with Crippen LogP contribution >= 0.6 is 0 Å². The molecule has 1 unspecified atom stereocenters. The van der Waals surface area contributed by atoms with Crippen molar-refractivity contribution in [1.82, 2.24) is 5.32 Å². The van der Waals surface area contributed by atoms with E-state index in [0.29, 0.717) is 6.04 Å². The summed E-state index contributed by atoms with van der Waals surface area (Å²) in [5.41, 5.74) is 1.71. The summed E-state index contributed by atoms with van der Waals surface area (Å²) in [5, 5.41) is 3.75. The molecule has 0 aliphatic heterocycles. The highest BCUT2D eigenvalue weighted by Crippen LogP contribution is 2.24. The highest BCUT2D eigenvalue weighted by Gasteiger charge is 2.15. The largest absolute Gasteiger partial charge is 0.310 e. The van der Waals surface area contributed by atoms with E-state index in [1.54, 1.807) is 5.57 Å². The van der Waals surface area contributed by atoms with E-state index < -0.39 is 0 Å². The monoisotopic (exact) mass is 265 g/mol. The molecule has 1 aliphatic rings. The summed E-state index contributed by atoms with van der Waals surface area (Å²) in [5.74, 6) is 0. The summed E-state index contributed by atoms with van der Waals surface area (Å²) in [4.78, 5) is 0. The second-order valence-electron chi connectivity index (χ2n) is 6.09. The Bertz CT molecular complexity index is 232. The first-order chi connectivity index (χ1) is 9.38. The Hall–Kier alpha value is -0.300. The zero-order valence-electron chi connectivity index (χ0n) is 13.3. The van der Waals surface area contributed by atoms with E-state index in [-0.39, 0.29) is 0 Å². The predicted molar refractivity (Wildman–Crippen MR) is 86.6 cm³/mol. The van der Waals surface area contributed by atoms with E-state index in [4.69, 9.17) is 0 Å². The molecule has 1 atom stereocenters. The summed E-state index contributed by atoms with van der Waals surface area (Å²) in [7, 11) is 0. The Kier molecular flexibility index (Phi) is 10.2. The van der Waals surface area contributed by atoms with Gasteiger partial charge in [0.15, 0.2) is 0 Å². The molecule has 1 aliphatic carbocycles. The van der Waals surface area contributed by atoms with Crippen molar-refractivity contribution in [2.24, 2.45) is 0 Å². The molecule has 0 bridgehead atoms. The molecular weight excluding hydrogens is 230 g/mol. The van der Waals surface area contributed by atoms with Crippen molar-refractivity contribution in [2.45, 2.75) is 96.9 Å². The summed E-state index contributed by atoms with van der Waals surface area (Å²) in [6.45, 7) is 5.73. The van der Waals surface area contributed by atoms with Gasteiger partial charge in [0, 0.05) is 6.04 Å². The minimum atomic E-state index is 0.693. The highest BCUT2D eigenvalue weighted by molar-refractivity contribution is 5.15. The van der Waals surface area contributed by atoms with E-state index >= 15 is 0 Å². The Morgan fingerprint density at radius 2 is 1.74 bits per heavy atom. The number of hydrogen-bond donors (Lipinski definition) is 1. The second kappa shape index (κ2) is 11.5. The molecule has 1 rings (SSSR count).